The zero-order chi connectivity index (χ0) is 37.2. The second kappa shape index (κ2) is 15.5. The first-order valence-electron chi connectivity index (χ1n) is 18.3. The zero-order valence-corrected chi connectivity index (χ0v) is 30.5. The van der Waals surface area contributed by atoms with Gasteiger partial charge in [-0.25, -0.2) is 0 Å². The molecule has 3 fully saturated rings. The van der Waals surface area contributed by atoms with Crippen LogP contribution in [0.1, 0.15) is 76.5 Å². The van der Waals surface area contributed by atoms with Crippen molar-refractivity contribution in [2.75, 3.05) is 65.5 Å². The van der Waals surface area contributed by atoms with Crippen molar-refractivity contribution in [3.8, 4) is 5.75 Å². The molecule has 1 N–H and O–H groups in total. The van der Waals surface area contributed by atoms with Crippen molar-refractivity contribution in [1.82, 2.24) is 39.8 Å². The fourth-order valence-corrected chi connectivity index (χ4v) is 7.50. The molecule has 2 unspecified atom stereocenters. The minimum atomic E-state index is -4.60. The summed E-state index contributed by atoms with van der Waals surface area (Å²) in [7, 11) is 0. The number of Topliss-reactive ketones (excluding diaryl/α,β-unsaturated/α-hetero) is 1. The van der Waals surface area contributed by atoms with Crippen LogP contribution in [0.5, 0.6) is 5.75 Å². The summed E-state index contributed by atoms with van der Waals surface area (Å²) in [5, 5.41) is 14.2. The van der Waals surface area contributed by atoms with Gasteiger partial charge in [0.25, 0.3) is 5.82 Å². The number of amides is 2. The number of carbonyl (C=O) groups is 3. The van der Waals surface area contributed by atoms with Crippen molar-refractivity contribution < 1.29 is 32.3 Å². The molecule has 4 aliphatic heterocycles. The summed E-state index contributed by atoms with van der Waals surface area (Å²) in [5.74, 6) is 0.618. The standard InChI is InChI=1S/C36H50F3N9O4/c1-24-21-27(49)22-47(24)33(51)32(35(2,3)4)40-31(50)23-45-17-15-44(16-18-45)19-20-52-28-7-5-25(6-8-28)26-11-13-46(14-12-26)30-10-9-29-41-42-34(36(37,38)39)48(29)43-30/h5-8,24,26,32H,9-23H2,1-4H3,(H,40,50). The highest BCUT2D eigenvalue weighted by molar-refractivity contribution is 5.94. The Morgan fingerprint density at radius 3 is 2.25 bits per heavy atom. The van der Waals surface area contributed by atoms with Gasteiger partial charge in [-0.2, -0.15) is 22.9 Å². The molecular formula is C36H50F3N9O4. The van der Waals surface area contributed by atoms with Crippen LogP contribution in [0.2, 0.25) is 0 Å². The minimum Gasteiger partial charge on any atom is -0.492 e. The topological polar surface area (TPSA) is 128 Å². The number of piperidine rings is 1. The molecule has 284 valence electrons. The number of ketones is 1. The van der Waals surface area contributed by atoms with Gasteiger partial charge in [0.15, 0.2) is 11.6 Å². The number of ether oxygens (including phenoxy) is 1. The van der Waals surface area contributed by atoms with Gasteiger partial charge in [-0.15, -0.1) is 10.2 Å². The molecule has 2 atom stereocenters. The van der Waals surface area contributed by atoms with Crippen molar-refractivity contribution in [2.45, 2.75) is 84.0 Å². The maximum atomic E-state index is 13.3. The minimum absolute atomic E-state index is 0.0462. The lowest BCUT2D eigenvalue weighted by Gasteiger charge is -2.36. The Balaban J connectivity index is 0.894. The van der Waals surface area contributed by atoms with Crippen molar-refractivity contribution in [3.63, 3.8) is 0 Å². The molecule has 0 saturated carbocycles. The molecule has 16 heteroatoms. The Bertz CT molecular complexity index is 1620. The van der Waals surface area contributed by atoms with Gasteiger partial charge in [-0.1, -0.05) is 32.9 Å². The number of amidine groups is 1. The highest BCUT2D eigenvalue weighted by Gasteiger charge is 2.41. The third-order valence-corrected chi connectivity index (χ3v) is 10.6. The molecule has 4 aliphatic rings. The molecule has 0 bridgehead atoms. The number of fused-ring (bicyclic) bond motifs is 1. The molecule has 0 spiro atoms. The molecule has 2 aromatic rings. The van der Waals surface area contributed by atoms with Crippen LogP contribution in [0, 0.1) is 5.41 Å². The van der Waals surface area contributed by atoms with E-state index in [4.69, 9.17) is 4.74 Å². The number of alkyl halides is 3. The number of hydrogen-bond donors (Lipinski definition) is 1. The average molecular weight is 730 g/mol. The Labute approximate surface area is 302 Å². The number of rotatable bonds is 9. The number of benzene rings is 1. The molecule has 1 aromatic carbocycles. The van der Waals surface area contributed by atoms with E-state index in [1.807, 2.05) is 39.8 Å². The first kappa shape index (κ1) is 37.7. The molecule has 0 radical (unpaired) electrons. The lowest BCUT2D eigenvalue weighted by atomic mass is 9.85. The summed E-state index contributed by atoms with van der Waals surface area (Å²) in [4.78, 5) is 46.4. The lowest BCUT2D eigenvalue weighted by Crippen LogP contribution is -2.57. The van der Waals surface area contributed by atoms with E-state index in [1.165, 1.54) is 5.56 Å². The van der Waals surface area contributed by atoms with E-state index in [0.717, 1.165) is 69.1 Å². The van der Waals surface area contributed by atoms with Crippen molar-refractivity contribution in [2.24, 2.45) is 10.5 Å². The Hall–Kier alpha value is -4.05. The van der Waals surface area contributed by atoms with E-state index in [1.54, 1.807) is 4.90 Å². The van der Waals surface area contributed by atoms with Gasteiger partial charge in [-0.05, 0) is 48.8 Å². The third-order valence-electron chi connectivity index (χ3n) is 10.6. The summed E-state index contributed by atoms with van der Waals surface area (Å²) in [5.41, 5.74) is 0.723. The number of aryl methyl sites for hydroxylation is 1. The Morgan fingerprint density at radius 1 is 0.962 bits per heavy atom. The summed E-state index contributed by atoms with van der Waals surface area (Å²) in [6.45, 7) is 13.8. The van der Waals surface area contributed by atoms with Crippen LogP contribution in [0.15, 0.2) is 29.4 Å². The van der Waals surface area contributed by atoms with Gasteiger partial charge in [0.1, 0.15) is 24.2 Å². The highest BCUT2D eigenvalue weighted by atomic mass is 19.4. The van der Waals surface area contributed by atoms with Gasteiger partial charge in [0.05, 0.1) is 13.1 Å². The summed E-state index contributed by atoms with van der Waals surface area (Å²) >= 11 is 0. The molecular weight excluding hydrogens is 679 g/mol. The quantitative estimate of drug-likeness (QED) is 0.415. The molecule has 1 aromatic heterocycles. The van der Waals surface area contributed by atoms with Gasteiger partial charge >= 0.3 is 6.18 Å². The highest BCUT2D eigenvalue weighted by Crippen LogP contribution is 2.32. The first-order valence-corrected chi connectivity index (χ1v) is 18.3. The van der Waals surface area contributed by atoms with Crippen LogP contribution in [-0.2, 0) is 27.0 Å². The number of nitrogens with zero attached hydrogens (tertiary/aromatic N) is 8. The van der Waals surface area contributed by atoms with Crippen LogP contribution in [0.25, 0.3) is 0 Å². The summed E-state index contributed by atoms with van der Waals surface area (Å²) < 4.78 is 46.9. The number of aromatic nitrogens is 3. The molecule has 0 aliphatic carbocycles. The first-order chi connectivity index (χ1) is 24.7. The van der Waals surface area contributed by atoms with E-state index in [0.29, 0.717) is 37.6 Å². The number of piperazine rings is 1. The normalized spacial score (nSPS) is 21.6. The predicted octanol–water partition coefficient (Wildman–Crippen LogP) is 3.00. The fourth-order valence-electron chi connectivity index (χ4n) is 7.50. The van der Waals surface area contributed by atoms with E-state index < -0.39 is 23.5 Å². The number of nitrogens with one attached hydrogen (secondary N) is 1. The van der Waals surface area contributed by atoms with E-state index in [-0.39, 0.29) is 42.6 Å². The molecule has 52 heavy (non-hydrogen) atoms. The number of hydrogen-bond acceptors (Lipinski definition) is 10. The summed E-state index contributed by atoms with van der Waals surface area (Å²) in [6, 6.07) is 7.32. The molecule has 5 heterocycles. The maximum absolute atomic E-state index is 13.3. The second-order valence-corrected chi connectivity index (χ2v) is 15.5. The van der Waals surface area contributed by atoms with Crippen molar-refractivity contribution in [1.29, 1.82) is 0 Å². The van der Waals surface area contributed by atoms with Crippen LogP contribution in [0.4, 0.5) is 13.2 Å². The van der Waals surface area contributed by atoms with Crippen LogP contribution >= 0.6 is 0 Å². The third kappa shape index (κ3) is 8.93. The fraction of sp³-hybridized carbons (Fsp3) is 0.667. The molecule has 3 saturated heterocycles. The van der Waals surface area contributed by atoms with Crippen LogP contribution in [-0.4, -0.2) is 135 Å². The Morgan fingerprint density at radius 2 is 1.63 bits per heavy atom. The SMILES string of the molecule is CC1CC(=O)CN1C(=O)C(NC(=O)CN1CCN(CCOc2ccc(C3CCN(C4=Nn5c(nnc5C(F)(F)F)CC4)CC3)cc2)CC1)C(C)(C)C. The van der Waals surface area contributed by atoms with Gasteiger partial charge in [0, 0.05) is 71.1 Å². The second-order valence-electron chi connectivity index (χ2n) is 15.5. The lowest BCUT2D eigenvalue weighted by molar-refractivity contribution is -0.147. The number of likely N-dealkylation sites (tertiary alicyclic amines) is 2. The number of carbonyl (C=O) groups excluding carboxylic acids is 3. The zero-order valence-electron chi connectivity index (χ0n) is 30.5. The van der Waals surface area contributed by atoms with Gasteiger partial charge in [0.2, 0.25) is 11.8 Å². The van der Waals surface area contributed by atoms with Crippen LogP contribution in [0.3, 0.4) is 0 Å². The van der Waals surface area contributed by atoms with E-state index >= 15 is 0 Å². The molecule has 6 rings (SSSR count). The number of halogens is 3. The molecule has 2 amide bonds. The van der Waals surface area contributed by atoms with Crippen molar-refractivity contribution in [3.05, 3.63) is 41.5 Å². The van der Waals surface area contributed by atoms with Crippen LogP contribution < -0.4 is 10.1 Å². The van der Waals surface area contributed by atoms with E-state index in [9.17, 15) is 27.6 Å². The molecule has 13 nitrogen and oxygen atoms in total. The smallest absolute Gasteiger partial charge is 0.453 e. The predicted molar refractivity (Wildman–Crippen MR) is 187 cm³/mol. The summed E-state index contributed by atoms with van der Waals surface area (Å²) in [6.07, 6.45) is -1.56. The van der Waals surface area contributed by atoms with Crippen molar-refractivity contribution >= 4 is 23.4 Å². The monoisotopic (exact) mass is 729 g/mol. The maximum Gasteiger partial charge on any atom is 0.453 e. The largest absolute Gasteiger partial charge is 0.492 e. The van der Waals surface area contributed by atoms with Gasteiger partial charge in [-0.3, -0.25) is 24.2 Å². The Kier molecular flexibility index (Phi) is 11.2. The average Bonchev–Trinajstić information content (AvgIpc) is 3.69. The van der Waals surface area contributed by atoms with Gasteiger partial charge < -0.3 is 19.9 Å². The van der Waals surface area contributed by atoms with E-state index in [2.05, 4.69) is 47.4 Å².